The van der Waals surface area contributed by atoms with Crippen LogP contribution in [-0.2, 0) is 14.4 Å². The van der Waals surface area contributed by atoms with E-state index in [0.29, 0.717) is 12.8 Å². The van der Waals surface area contributed by atoms with E-state index < -0.39 is 23.8 Å². The second kappa shape index (κ2) is 6.36. The first-order valence-electron chi connectivity index (χ1n) is 6.24. The molecule has 2 amide bonds. The summed E-state index contributed by atoms with van der Waals surface area (Å²) in [7, 11) is 3.21. The largest absolute Gasteiger partial charge is 0.481 e. The molecule has 0 saturated carbocycles. The minimum absolute atomic E-state index is 0.216. The van der Waals surface area contributed by atoms with E-state index in [1.54, 1.807) is 27.1 Å². The standard InChI is InChI=1S/C13H20N2O4/c1-8(12(17)15(2)3)14-11(16)9-6-4-5-7-10(9)13(18)19/h4-5,8-10H,6-7H2,1-3H3,(H,14,16)(H,18,19)/t8?,9-,10+/m1/s1. The summed E-state index contributed by atoms with van der Waals surface area (Å²) in [6.07, 6.45) is 4.33. The van der Waals surface area contributed by atoms with Crippen molar-refractivity contribution in [1.29, 1.82) is 0 Å². The number of allylic oxidation sites excluding steroid dienone is 2. The summed E-state index contributed by atoms with van der Waals surface area (Å²) in [5.74, 6) is -2.89. The number of carbonyl (C=O) groups is 3. The zero-order valence-corrected chi connectivity index (χ0v) is 11.4. The predicted molar refractivity (Wildman–Crippen MR) is 69.3 cm³/mol. The first-order chi connectivity index (χ1) is 8.84. The number of hydrogen-bond donors (Lipinski definition) is 2. The minimum atomic E-state index is -0.976. The lowest BCUT2D eigenvalue weighted by Crippen LogP contribution is -2.48. The highest BCUT2D eigenvalue weighted by atomic mass is 16.4. The molecule has 0 spiro atoms. The third-order valence-electron chi connectivity index (χ3n) is 3.26. The van der Waals surface area contributed by atoms with E-state index in [-0.39, 0.29) is 11.8 Å². The minimum Gasteiger partial charge on any atom is -0.481 e. The molecule has 0 aromatic rings. The average Bonchev–Trinajstić information content (AvgIpc) is 2.37. The normalized spacial score (nSPS) is 23.5. The second-order valence-corrected chi connectivity index (χ2v) is 4.96. The Balaban J connectivity index is 2.69. The highest BCUT2D eigenvalue weighted by molar-refractivity contribution is 5.90. The van der Waals surface area contributed by atoms with Crippen LogP contribution in [0.25, 0.3) is 0 Å². The third kappa shape index (κ3) is 3.81. The van der Waals surface area contributed by atoms with Crippen molar-refractivity contribution in [3.05, 3.63) is 12.2 Å². The molecule has 1 rings (SSSR count). The van der Waals surface area contributed by atoms with E-state index in [2.05, 4.69) is 5.32 Å². The number of hydrogen-bond acceptors (Lipinski definition) is 3. The number of likely N-dealkylation sites (N-methyl/N-ethyl adjacent to an activating group) is 1. The van der Waals surface area contributed by atoms with E-state index in [0.717, 1.165) is 0 Å². The van der Waals surface area contributed by atoms with Gasteiger partial charge in [0.05, 0.1) is 11.8 Å². The summed E-state index contributed by atoms with van der Waals surface area (Å²) in [6, 6.07) is -0.650. The number of aliphatic carboxylic acids is 1. The summed E-state index contributed by atoms with van der Waals surface area (Å²) in [5.41, 5.74) is 0. The van der Waals surface area contributed by atoms with Gasteiger partial charge in [0, 0.05) is 14.1 Å². The van der Waals surface area contributed by atoms with Crippen LogP contribution in [0, 0.1) is 11.8 Å². The molecule has 0 fully saturated rings. The van der Waals surface area contributed by atoms with Crippen molar-refractivity contribution >= 4 is 17.8 Å². The van der Waals surface area contributed by atoms with E-state index in [9.17, 15) is 14.4 Å². The van der Waals surface area contributed by atoms with Crippen molar-refractivity contribution < 1.29 is 19.5 Å². The SMILES string of the molecule is CC(NC(=O)[C@@H]1CC=CC[C@@H]1C(=O)O)C(=O)N(C)C. The van der Waals surface area contributed by atoms with E-state index in [4.69, 9.17) is 5.11 Å². The fraction of sp³-hybridized carbons (Fsp3) is 0.615. The van der Waals surface area contributed by atoms with Gasteiger partial charge in [-0.25, -0.2) is 0 Å². The van der Waals surface area contributed by atoms with Crippen molar-refractivity contribution in [3.8, 4) is 0 Å². The lowest BCUT2D eigenvalue weighted by molar-refractivity contribution is -0.147. The Kier molecular flexibility index (Phi) is 5.09. The molecule has 1 unspecified atom stereocenters. The van der Waals surface area contributed by atoms with Crippen LogP contribution in [-0.4, -0.2) is 47.9 Å². The van der Waals surface area contributed by atoms with Crippen molar-refractivity contribution in [2.75, 3.05) is 14.1 Å². The summed E-state index contributed by atoms with van der Waals surface area (Å²) in [5, 5.41) is 11.7. The van der Waals surface area contributed by atoms with Crippen LogP contribution >= 0.6 is 0 Å². The summed E-state index contributed by atoms with van der Waals surface area (Å²) in [4.78, 5) is 36.2. The van der Waals surface area contributed by atoms with E-state index >= 15 is 0 Å². The molecular weight excluding hydrogens is 248 g/mol. The average molecular weight is 268 g/mol. The van der Waals surface area contributed by atoms with Crippen LogP contribution in [0.5, 0.6) is 0 Å². The van der Waals surface area contributed by atoms with Crippen molar-refractivity contribution in [2.24, 2.45) is 11.8 Å². The van der Waals surface area contributed by atoms with Gasteiger partial charge in [0.2, 0.25) is 11.8 Å². The molecular formula is C13H20N2O4. The van der Waals surface area contributed by atoms with Gasteiger partial charge in [-0.1, -0.05) is 12.2 Å². The molecule has 2 N–H and O–H groups in total. The highest BCUT2D eigenvalue weighted by Gasteiger charge is 2.35. The number of carbonyl (C=O) groups excluding carboxylic acids is 2. The van der Waals surface area contributed by atoms with Gasteiger partial charge in [0.25, 0.3) is 0 Å². The fourth-order valence-electron chi connectivity index (χ4n) is 2.15. The molecule has 1 aliphatic carbocycles. The smallest absolute Gasteiger partial charge is 0.307 e. The number of nitrogens with one attached hydrogen (secondary N) is 1. The van der Waals surface area contributed by atoms with E-state index in [1.807, 2.05) is 6.08 Å². The molecule has 0 saturated heterocycles. The van der Waals surface area contributed by atoms with Gasteiger partial charge in [-0.2, -0.15) is 0 Å². The Bertz CT molecular complexity index is 403. The maximum atomic E-state index is 12.1. The van der Waals surface area contributed by atoms with Crippen LogP contribution in [0.4, 0.5) is 0 Å². The van der Waals surface area contributed by atoms with E-state index in [1.165, 1.54) is 4.90 Å². The molecule has 1 aliphatic rings. The molecule has 19 heavy (non-hydrogen) atoms. The van der Waals surface area contributed by atoms with Crippen molar-refractivity contribution in [1.82, 2.24) is 10.2 Å². The van der Waals surface area contributed by atoms with Gasteiger partial charge in [0.15, 0.2) is 0 Å². The molecule has 0 radical (unpaired) electrons. The summed E-state index contributed by atoms with van der Waals surface area (Å²) >= 11 is 0. The molecule has 0 heterocycles. The Morgan fingerprint density at radius 2 is 1.74 bits per heavy atom. The van der Waals surface area contributed by atoms with Gasteiger partial charge in [-0.05, 0) is 19.8 Å². The number of nitrogens with zero attached hydrogens (tertiary/aromatic N) is 1. The van der Waals surface area contributed by atoms with Crippen LogP contribution in [0.2, 0.25) is 0 Å². The number of carboxylic acid groups (broad SMARTS) is 1. The Labute approximate surface area is 112 Å². The maximum absolute atomic E-state index is 12.1. The van der Waals surface area contributed by atoms with Crippen molar-refractivity contribution in [2.45, 2.75) is 25.8 Å². The lowest BCUT2D eigenvalue weighted by Gasteiger charge is -2.26. The Morgan fingerprint density at radius 3 is 2.21 bits per heavy atom. The number of amides is 2. The second-order valence-electron chi connectivity index (χ2n) is 4.96. The van der Waals surface area contributed by atoms with Crippen LogP contribution in [0.3, 0.4) is 0 Å². The molecule has 0 aromatic carbocycles. The van der Waals surface area contributed by atoms with Gasteiger partial charge < -0.3 is 15.3 Å². The lowest BCUT2D eigenvalue weighted by atomic mass is 9.82. The van der Waals surface area contributed by atoms with Gasteiger partial charge in [-0.15, -0.1) is 0 Å². The Hall–Kier alpha value is -1.85. The molecule has 0 aromatic heterocycles. The third-order valence-corrected chi connectivity index (χ3v) is 3.26. The quantitative estimate of drug-likeness (QED) is 0.715. The topological polar surface area (TPSA) is 86.7 Å². The first-order valence-corrected chi connectivity index (χ1v) is 6.24. The molecule has 0 bridgehead atoms. The van der Waals surface area contributed by atoms with Gasteiger partial charge in [0.1, 0.15) is 6.04 Å². The van der Waals surface area contributed by atoms with Crippen molar-refractivity contribution in [3.63, 3.8) is 0 Å². The van der Waals surface area contributed by atoms with Crippen LogP contribution in [0.15, 0.2) is 12.2 Å². The highest BCUT2D eigenvalue weighted by Crippen LogP contribution is 2.26. The summed E-state index contributed by atoms with van der Waals surface area (Å²) in [6.45, 7) is 1.59. The zero-order chi connectivity index (χ0) is 14.6. The Morgan fingerprint density at radius 1 is 1.21 bits per heavy atom. The van der Waals surface area contributed by atoms with Crippen LogP contribution in [0.1, 0.15) is 19.8 Å². The summed E-state index contributed by atoms with van der Waals surface area (Å²) < 4.78 is 0. The number of rotatable bonds is 4. The monoisotopic (exact) mass is 268 g/mol. The molecule has 0 aliphatic heterocycles. The number of carboxylic acids is 1. The predicted octanol–water partition coefficient (Wildman–Crippen LogP) is 0.246. The zero-order valence-electron chi connectivity index (χ0n) is 11.4. The van der Waals surface area contributed by atoms with Gasteiger partial charge >= 0.3 is 5.97 Å². The van der Waals surface area contributed by atoms with Crippen LogP contribution < -0.4 is 5.32 Å². The molecule has 6 heteroatoms. The molecule has 3 atom stereocenters. The maximum Gasteiger partial charge on any atom is 0.307 e. The fourth-order valence-corrected chi connectivity index (χ4v) is 2.15. The van der Waals surface area contributed by atoms with Gasteiger partial charge in [-0.3, -0.25) is 14.4 Å². The first kappa shape index (κ1) is 15.2. The molecule has 106 valence electrons. The molecule has 6 nitrogen and oxygen atoms in total.